The second kappa shape index (κ2) is 7.34. The standard InChI is InChI=1S/C19H22N2O3S2/c1-4-16(14-8-6-13(3)7-9-14)20-26(23,24)15-10-11-17-18(12-15)25-19(22)21(17)5-2/h6-12,16,20H,4-5H2,1-3H3/t16-/m1/s1. The lowest BCUT2D eigenvalue weighted by Gasteiger charge is -2.18. The van der Waals surface area contributed by atoms with Gasteiger partial charge in [0.15, 0.2) is 0 Å². The molecule has 0 aliphatic carbocycles. The number of rotatable bonds is 6. The van der Waals surface area contributed by atoms with Gasteiger partial charge in [0.05, 0.1) is 15.1 Å². The third-order valence-corrected chi connectivity index (χ3v) is 6.86. The molecule has 26 heavy (non-hydrogen) atoms. The summed E-state index contributed by atoms with van der Waals surface area (Å²) in [5.74, 6) is 0. The van der Waals surface area contributed by atoms with Crippen LogP contribution in [0.15, 0.2) is 52.2 Å². The van der Waals surface area contributed by atoms with Gasteiger partial charge in [-0.25, -0.2) is 13.1 Å². The Morgan fingerprint density at radius 3 is 2.42 bits per heavy atom. The molecule has 5 nitrogen and oxygen atoms in total. The minimum Gasteiger partial charge on any atom is -0.299 e. The van der Waals surface area contributed by atoms with Crippen molar-refractivity contribution in [1.82, 2.24) is 9.29 Å². The molecule has 0 saturated heterocycles. The van der Waals surface area contributed by atoms with Crippen molar-refractivity contribution in [3.05, 3.63) is 63.3 Å². The van der Waals surface area contributed by atoms with E-state index in [1.807, 2.05) is 45.0 Å². The zero-order valence-corrected chi connectivity index (χ0v) is 16.7. The predicted molar refractivity (Wildman–Crippen MR) is 106 cm³/mol. The second-order valence-corrected chi connectivity index (χ2v) is 8.94. The molecule has 0 aliphatic heterocycles. The smallest absolute Gasteiger partial charge is 0.299 e. The number of nitrogens with zero attached hydrogens (tertiary/aromatic N) is 1. The monoisotopic (exact) mass is 390 g/mol. The highest BCUT2D eigenvalue weighted by atomic mass is 32.2. The Bertz CT molecular complexity index is 1080. The van der Waals surface area contributed by atoms with Crippen molar-refractivity contribution in [3.8, 4) is 0 Å². The van der Waals surface area contributed by atoms with Crippen LogP contribution in [0.1, 0.15) is 37.4 Å². The van der Waals surface area contributed by atoms with E-state index in [0.717, 1.165) is 28.0 Å². The normalized spacial score (nSPS) is 13.2. The van der Waals surface area contributed by atoms with E-state index in [0.29, 0.717) is 17.7 Å². The molecule has 0 aliphatic rings. The van der Waals surface area contributed by atoms with E-state index in [1.54, 1.807) is 22.8 Å². The van der Waals surface area contributed by atoms with Crippen molar-refractivity contribution >= 4 is 31.6 Å². The summed E-state index contributed by atoms with van der Waals surface area (Å²) in [5.41, 5.74) is 2.84. The van der Waals surface area contributed by atoms with Gasteiger partial charge >= 0.3 is 4.87 Å². The third-order valence-electron chi connectivity index (χ3n) is 4.45. The van der Waals surface area contributed by atoms with Gasteiger partial charge in [-0.1, -0.05) is 48.1 Å². The molecule has 1 atom stereocenters. The summed E-state index contributed by atoms with van der Waals surface area (Å²) in [6.07, 6.45) is 0.643. The number of fused-ring (bicyclic) bond motifs is 1. The van der Waals surface area contributed by atoms with Gasteiger partial charge in [-0.2, -0.15) is 0 Å². The van der Waals surface area contributed by atoms with E-state index in [4.69, 9.17) is 0 Å². The summed E-state index contributed by atoms with van der Waals surface area (Å²) in [7, 11) is -3.69. The number of hydrogen-bond acceptors (Lipinski definition) is 4. The highest BCUT2D eigenvalue weighted by Crippen LogP contribution is 2.24. The molecular formula is C19H22N2O3S2. The number of benzene rings is 2. The number of aromatic nitrogens is 1. The zero-order valence-electron chi connectivity index (χ0n) is 15.0. The van der Waals surface area contributed by atoms with Gasteiger partial charge in [0.25, 0.3) is 0 Å². The maximum atomic E-state index is 12.9. The molecule has 0 saturated carbocycles. The molecule has 0 bridgehead atoms. The summed E-state index contributed by atoms with van der Waals surface area (Å²) < 4.78 is 30.8. The number of sulfonamides is 1. The van der Waals surface area contributed by atoms with Crippen molar-refractivity contribution in [2.45, 2.75) is 44.7 Å². The molecule has 138 valence electrons. The van der Waals surface area contributed by atoms with Crippen LogP contribution in [0.25, 0.3) is 10.2 Å². The Balaban J connectivity index is 1.95. The fourth-order valence-electron chi connectivity index (χ4n) is 2.95. The average Bonchev–Trinajstić information content (AvgIpc) is 2.94. The summed E-state index contributed by atoms with van der Waals surface area (Å²) in [4.78, 5) is 12.1. The topological polar surface area (TPSA) is 68.2 Å². The first-order valence-corrected chi connectivity index (χ1v) is 10.9. The van der Waals surface area contributed by atoms with Gasteiger partial charge < -0.3 is 0 Å². The van der Waals surface area contributed by atoms with Crippen molar-refractivity contribution in [2.75, 3.05) is 0 Å². The van der Waals surface area contributed by atoms with Crippen LogP contribution in [0, 0.1) is 6.92 Å². The molecule has 0 fully saturated rings. The lowest BCUT2D eigenvalue weighted by molar-refractivity contribution is 0.550. The van der Waals surface area contributed by atoms with E-state index >= 15 is 0 Å². The molecule has 1 aromatic heterocycles. The highest BCUT2D eigenvalue weighted by molar-refractivity contribution is 7.89. The lowest BCUT2D eigenvalue weighted by Crippen LogP contribution is -2.28. The van der Waals surface area contributed by atoms with E-state index in [-0.39, 0.29) is 15.8 Å². The number of hydrogen-bond donors (Lipinski definition) is 1. The number of nitrogens with one attached hydrogen (secondary N) is 1. The second-order valence-electron chi connectivity index (χ2n) is 6.23. The lowest BCUT2D eigenvalue weighted by atomic mass is 10.0. The van der Waals surface area contributed by atoms with Gasteiger partial charge in [-0.05, 0) is 44.0 Å². The largest absolute Gasteiger partial charge is 0.308 e. The van der Waals surface area contributed by atoms with Crippen LogP contribution in [-0.2, 0) is 16.6 Å². The molecule has 0 unspecified atom stereocenters. The van der Waals surface area contributed by atoms with Gasteiger partial charge in [-0.15, -0.1) is 0 Å². The van der Waals surface area contributed by atoms with Gasteiger partial charge in [0, 0.05) is 12.6 Å². The molecule has 1 heterocycles. The minimum absolute atomic E-state index is 0.0731. The average molecular weight is 391 g/mol. The summed E-state index contributed by atoms with van der Waals surface area (Å²) in [5, 5.41) is 0. The van der Waals surface area contributed by atoms with E-state index < -0.39 is 10.0 Å². The van der Waals surface area contributed by atoms with E-state index in [2.05, 4.69) is 4.72 Å². The molecule has 3 rings (SSSR count). The SMILES string of the molecule is CC[C@@H](NS(=O)(=O)c1ccc2c(c1)sc(=O)n2CC)c1ccc(C)cc1. The molecule has 0 spiro atoms. The van der Waals surface area contributed by atoms with Crippen molar-refractivity contribution < 1.29 is 8.42 Å². The van der Waals surface area contributed by atoms with Crippen LogP contribution in [0.4, 0.5) is 0 Å². The van der Waals surface area contributed by atoms with Crippen LogP contribution in [0.2, 0.25) is 0 Å². The minimum atomic E-state index is -3.69. The van der Waals surface area contributed by atoms with E-state index in [9.17, 15) is 13.2 Å². The van der Waals surface area contributed by atoms with Gasteiger partial charge in [0.1, 0.15) is 0 Å². The number of aryl methyl sites for hydroxylation is 2. The first kappa shape index (κ1) is 18.8. The van der Waals surface area contributed by atoms with Crippen LogP contribution in [0.3, 0.4) is 0 Å². The predicted octanol–water partition coefficient (Wildman–Crippen LogP) is 3.82. The quantitative estimate of drug-likeness (QED) is 0.696. The Kier molecular flexibility index (Phi) is 5.32. The molecular weight excluding hydrogens is 368 g/mol. The zero-order chi connectivity index (χ0) is 18.9. The summed E-state index contributed by atoms with van der Waals surface area (Å²) >= 11 is 1.07. The molecule has 3 aromatic rings. The Morgan fingerprint density at radius 2 is 1.81 bits per heavy atom. The fourth-order valence-corrected chi connectivity index (χ4v) is 5.36. The first-order chi connectivity index (χ1) is 12.4. The van der Waals surface area contributed by atoms with Gasteiger partial charge in [-0.3, -0.25) is 9.36 Å². The summed E-state index contributed by atoms with van der Waals surface area (Å²) in [6, 6.07) is 12.4. The molecule has 2 aromatic carbocycles. The molecule has 1 N–H and O–H groups in total. The molecule has 0 amide bonds. The van der Waals surface area contributed by atoms with Crippen LogP contribution in [-0.4, -0.2) is 13.0 Å². The highest BCUT2D eigenvalue weighted by Gasteiger charge is 2.21. The van der Waals surface area contributed by atoms with Crippen LogP contribution >= 0.6 is 11.3 Å². The van der Waals surface area contributed by atoms with Crippen molar-refractivity contribution in [1.29, 1.82) is 0 Å². The van der Waals surface area contributed by atoms with Crippen molar-refractivity contribution in [2.24, 2.45) is 0 Å². The Hall–Kier alpha value is -1.96. The van der Waals surface area contributed by atoms with E-state index in [1.165, 1.54) is 0 Å². The van der Waals surface area contributed by atoms with Crippen LogP contribution < -0.4 is 9.60 Å². The summed E-state index contributed by atoms with van der Waals surface area (Å²) in [6.45, 7) is 6.41. The van der Waals surface area contributed by atoms with Crippen molar-refractivity contribution in [3.63, 3.8) is 0 Å². The maximum Gasteiger partial charge on any atom is 0.308 e. The Morgan fingerprint density at radius 1 is 1.12 bits per heavy atom. The molecule has 0 radical (unpaired) electrons. The van der Waals surface area contributed by atoms with Crippen LogP contribution in [0.5, 0.6) is 0 Å². The third kappa shape index (κ3) is 3.60. The maximum absolute atomic E-state index is 12.9. The van der Waals surface area contributed by atoms with Gasteiger partial charge in [0.2, 0.25) is 10.0 Å². The first-order valence-electron chi connectivity index (χ1n) is 8.58. The molecule has 7 heteroatoms. The fraction of sp³-hybridized carbons (Fsp3) is 0.316. The number of thiazole rings is 1. The Labute approximate surface area is 157 Å².